The van der Waals surface area contributed by atoms with Crippen LogP contribution in [0.25, 0.3) is 44.2 Å². The number of rotatable bonds is 5. The molecule has 5 aliphatic carbocycles. The van der Waals surface area contributed by atoms with Gasteiger partial charge in [0.05, 0.1) is 0 Å². The average Bonchev–Trinajstić information content (AvgIpc) is 3.94. The summed E-state index contributed by atoms with van der Waals surface area (Å²) in [6.45, 7) is 2.43. The lowest BCUT2D eigenvalue weighted by molar-refractivity contribution is 0.0492. The number of hydrogen-bond donors (Lipinski definition) is 0. The van der Waals surface area contributed by atoms with Gasteiger partial charge in [0, 0.05) is 27.9 Å². The molecule has 12 rings (SSSR count). The topological polar surface area (TPSA) is 3.24 Å². The molecule has 1 heteroatoms. The van der Waals surface area contributed by atoms with E-state index < -0.39 is 0 Å². The molecule has 0 amide bonds. The summed E-state index contributed by atoms with van der Waals surface area (Å²) in [7, 11) is 0. The third-order valence-electron chi connectivity index (χ3n) is 15.8. The zero-order chi connectivity index (χ0) is 37.7. The summed E-state index contributed by atoms with van der Waals surface area (Å²) in [5.41, 5.74) is 18.6. The van der Waals surface area contributed by atoms with E-state index in [0.717, 1.165) is 17.8 Å². The Bertz CT molecular complexity index is 2680. The summed E-state index contributed by atoms with van der Waals surface area (Å²) in [6, 6.07) is 58.8. The molecular formula is C56H51N. The molecule has 2 spiro atoms. The molecule has 0 N–H and O–H groups in total. The number of hydrogen-bond acceptors (Lipinski definition) is 1. The van der Waals surface area contributed by atoms with Crippen LogP contribution >= 0.6 is 0 Å². The Hall–Kier alpha value is -5.40. The molecule has 0 aliphatic heterocycles. The first-order chi connectivity index (χ1) is 28.2. The van der Waals surface area contributed by atoms with Crippen molar-refractivity contribution in [2.24, 2.45) is 17.8 Å². The van der Waals surface area contributed by atoms with Crippen molar-refractivity contribution < 1.29 is 0 Å². The molecule has 7 aromatic rings. The highest BCUT2D eigenvalue weighted by Crippen LogP contribution is 2.66. The number of anilines is 3. The van der Waals surface area contributed by atoms with Crippen LogP contribution in [0.3, 0.4) is 0 Å². The fraction of sp³-hybridized carbons (Fsp3) is 0.286. The van der Waals surface area contributed by atoms with E-state index in [9.17, 15) is 0 Å². The second kappa shape index (κ2) is 12.8. The smallest absolute Gasteiger partial charge is 0.0468 e. The second-order valence-corrected chi connectivity index (χ2v) is 18.2. The molecule has 57 heavy (non-hydrogen) atoms. The normalized spacial score (nSPS) is 23.4. The van der Waals surface area contributed by atoms with Crippen LogP contribution in [-0.2, 0) is 10.8 Å². The van der Waals surface area contributed by atoms with Gasteiger partial charge >= 0.3 is 0 Å². The first kappa shape index (κ1) is 33.7. The molecule has 3 fully saturated rings. The van der Waals surface area contributed by atoms with Crippen molar-refractivity contribution >= 4 is 27.8 Å². The van der Waals surface area contributed by atoms with Crippen LogP contribution in [0.2, 0.25) is 0 Å². The summed E-state index contributed by atoms with van der Waals surface area (Å²) in [4.78, 5) is 2.57. The minimum atomic E-state index is 0.117. The molecule has 0 saturated heterocycles. The Labute approximate surface area is 338 Å². The maximum Gasteiger partial charge on any atom is 0.0468 e. The highest BCUT2D eigenvalue weighted by atomic mass is 15.1. The van der Waals surface area contributed by atoms with E-state index in [0.29, 0.717) is 0 Å². The Morgan fingerprint density at radius 2 is 1.07 bits per heavy atom. The van der Waals surface area contributed by atoms with Gasteiger partial charge in [0.1, 0.15) is 0 Å². The molecule has 2 bridgehead atoms. The molecule has 5 aliphatic rings. The van der Waals surface area contributed by atoms with Gasteiger partial charge in [-0.05, 0) is 165 Å². The molecule has 280 valence electrons. The predicted molar refractivity (Wildman–Crippen MR) is 239 cm³/mol. The number of fused-ring (bicyclic) bond motifs is 9. The van der Waals surface area contributed by atoms with Gasteiger partial charge < -0.3 is 4.90 Å². The van der Waals surface area contributed by atoms with Crippen LogP contribution in [-0.4, -0.2) is 0 Å². The fourth-order valence-electron chi connectivity index (χ4n) is 13.3. The Kier molecular flexibility index (Phi) is 7.57. The fourth-order valence-corrected chi connectivity index (χ4v) is 13.3. The predicted octanol–water partition coefficient (Wildman–Crippen LogP) is 15.3. The van der Waals surface area contributed by atoms with E-state index in [-0.39, 0.29) is 10.8 Å². The van der Waals surface area contributed by atoms with Crippen LogP contribution in [0.4, 0.5) is 17.1 Å². The monoisotopic (exact) mass is 737 g/mol. The molecule has 7 aromatic carbocycles. The van der Waals surface area contributed by atoms with Crippen molar-refractivity contribution in [3.8, 4) is 33.4 Å². The standard InChI is InChI=1S/C56H51N/c1-2-37-32-42-14-11-15-43(33-37)56(42)52-19-8-6-17-48(52)50-35-45(27-29-53(50)56)57(44-24-22-39(23-25-44)41-21-20-38-12-3-4-13-40(38)34-41)46-26-28-49-47-16-5-7-18-51(47)55(54(49)36-46)30-9-10-31-55/h3-8,12-13,16-29,34-37,42-43H,2,9-11,14-15,30-33H2,1H3. The third-order valence-corrected chi connectivity index (χ3v) is 15.8. The van der Waals surface area contributed by atoms with Crippen LogP contribution in [0.15, 0.2) is 152 Å². The van der Waals surface area contributed by atoms with Crippen molar-refractivity contribution in [2.45, 2.75) is 82.0 Å². The van der Waals surface area contributed by atoms with E-state index in [2.05, 4.69) is 163 Å². The maximum atomic E-state index is 2.58. The van der Waals surface area contributed by atoms with Gasteiger partial charge in [0.25, 0.3) is 0 Å². The quantitative estimate of drug-likeness (QED) is 0.170. The van der Waals surface area contributed by atoms with Crippen LogP contribution in [0.5, 0.6) is 0 Å². The van der Waals surface area contributed by atoms with Crippen molar-refractivity contribution in [3.05, 3.63) is 174 Å². The van der Waals surface area contributed by atoms with Crippen molar-refractivity contribution in [2.75, 3.05) is 4.90 Å². The van der Waals surface area contributed by atoms with Gasteiger partial charge in [-0.1, -0.05) is 142 Å². The van der Waals surface area contributed by atoms with E-state index in [1.54, 1.807) is 16.7 Å². The molecule has 3 saturated carbocycles. The van der Waals surface area contributed by atoms with E-state index in [4.69, 9.17) is 0 Å². The van der Waals surface area contributed by atoms with Gasteiger partial charge in [0.15, 0.2) is 0 Å². The third kappa shape index (κ3) is 4.81. The van der Waals surface area contributed by atoms with Gasteiger partial charge in [-0.3, -0.25) is 0 Å². The number of nitrogens with zero attached hydrogens (tertiary/aromatic N) is 1. The zero-order valence-corrected chi connectivity index (χ0v) is 33.2. The molecule has 2 unspecified atom stereocenters. The van der Waals surface area contributed by atoms with Crippen molar-refractivity contribution in [3.63, 3.8) is 0 Å². The number of benzene rings is 7. The Balaban J connectivity index is 1.03. The van der Waals surface area contributed by atoms with Crippen LogP contribution in [0, 0.1) is 17.8 Å². The first-order valence-electron chi connectivity index (χ1n) is 22.0. The minimum Gasteiger partial charge on any atom is -0.310 e. The van der Waals surface area contributed by atoms with Crippen LogP contribution < -0.4 is 4.90 Å². The first-order valence-corrected chi connectivity index (χ1v) is 22.0. The van der Waals surface area contributed by atoms with Gasteiger partial charge in [0.2, 0.25) is 0 Å². The van der Waals surface area contributed by atoms with E-state index in [1.807, 2.05) is 0 Å². The lowest BCUT2D eigenvalue weighted by atomic mass is 9.49. The van der Waals surface area contributed by atoms with Crippen molar-refractivity contribution in [1.29, 1.82) is 0 Å². The Morgan fingerprint density at radius 1 is 0.474 bits per heavy atom. The summed E-state index contributed by atoms with van der Waals surface area (Å²) in [5.74, 6) is 2.31. The van der Waals surface area contributed by atoms with E-state index in [1.165, 1.54) is 131 Å². The minimum absolute atomic E-state index is 0.117. The van der Waals surface area contributed by atoms with E-state index >= 15 is 0 Å². The van der Waals surface area contributed by atoms with Crippen molar-refractivity contribution in [1.82, 2.24) is 0 Å². The maximum absolute atomic E-state index is 2.58. The van der Waals surface area contributed by atoms with Crippen LogP contribution in [0.1, 0.15) is 93.4 Å². The molecule has 0 heterocycles. The zero-order valence-electron chi connectivity index (χ0n) is 33.2. The average molecular weight is 738 g/mol. The van der Waals surface area contributed by atoms with Gasteiger partial charge in [-0.25, -0.2) is 0 Å². The molecule has 1 nitrogen and oxygen atoms in total. The van der Waals surface area contributed by atoms with Gasteiger partial charge in [-0.2, -0.15) is 0 Å². The molecule has 0 radical (unpaired) electrons. The highest BCUT2D eigenvalue weighted by Gasteiger charge is 2.57. The molecular weight excluding hydrogens is 687 g/mol. The SMILES string of the molecule is CCC1CC2CCCC(C1)C21c2ccccc2-c2cc(N(c3ccc(-c4ccc5ccccc5c4)cc3)c3ccc4c(c3)C3(CCCC3)c3ccccc3-4)ccc21. The largest absolute Gasteiger partial charge is 0.310 e. The lowest BCUT2D eigenvalue weighted by Gasteiger charge is -2.55. The molecule has 2 atom stereocenters. The summed E-state index contributed by atoms with van der Waals surface area (Å²) >= 11 is 0. The molecule has 0 aromatic heterocycles. The lowest BCUT2D eigenvalue weighted by Crippen LogP contribution is -2.49. The van der Waals surface area contributed by atoms with Gasteiger partial charge in [-0.15, -0.1) is 0 Å². The summed E-state index contributed by atoms with van der Waals surface area (Å²) < 4.78 is 0. The highest BCUT2D eigenvalue weighted by molar-refractivity contribution is 5.91. The summed E-state index contributed by atoms with van der Waals surface area (Å²) in [6.07, 6.45) is 13.2. The summed E-state index contributed by atoms with van der Waals surface area (Å²) in [5, 5.41) is 2.56. The second-order valence-electron chi connectivity index (χ2n) is 18.2. The Morgan fingerprint density at radius 3 is 1.84 bits per heavy atom.